The van der Waals surface area contributed by atoms with E-state index in [0.29, 0.717) is 5.92 Å². The zero-order valence-corrected chi connectivity index (χ0v) is 9.94. The summed E-state index contributed by atoms with van der Waals surface area (Å²) in [5, 5.41) is 0. The van der Waals surface area contributed by atoms with E-state index in [0.717, 1.165) is 19.4 Å². The number of carbonyl (C=O) groups is 1. The third-order valence-corrected chi connectivity index (χ3v) is 2.85. The van der Waals surface area contributed by atoms with Gasteiger partial charge in [0.05, 0.1) is 5.92 Å². The summed E-state index contributed by atoms with van der Waals surface area (Å²) in [7, 11) is 1.88. The quantitative estimate of drug-likeness (QED) is 0.713. The molecule has 0 saturated carbocycles. The molecule has 0 radical (unpaired) electrons. The maximum absolute atomic E-state index is 11.9. The van der Waals surface area contributed by atoms with Crippen molar-refractivity contribution in [1.29, 1.82) is 0 Å². The van der Waals surface area contributed by atoms with Crippen LogP contribution in [0.15, 0.2) is 12.2 Å². The van der Waals surface area contributed by atoms with Crippen LogP contribution in [0.5, 0.6) is 0 Å². The van der Waals surface area contributed by atoms with Crippen LogP contribution in [0, 0.1) is 11.8 Å². The Morgan fingerprint density at radius 3 is 2.67 bits per heavy atom. The van der Waals surface area contributed by atoms with Crippen LogP contribution in [0.2, 0.25) is 0 Å². The van der Waals surface area contributed by atoms with Crippen molar-refractivity contribution in [2.75, 3.05) is 13.6 Å². The third-order valence-electron chi connectivity index (χ3n) is 2.85. The van der Waals surface area contributed by atoms with Crippen LogP contribution in [-0.4, -0.2) is 30.4 Å². The monoisotopic (exact) mass is 210 g/mol. The first-order valence-electron chi connectivity index (χ1n) is 5.69. The van der Waals surface area contributed by atoms with E-state index in [1.807, 2.05) is 24.1 Å². The van der Waals surface area contributed by atoms with Crippen molar-refractivity contribution >= 4 is 5.91 Å². The summed E-state index contributed by atoms with van der Waals surface area (Å²) in [5.74, 6) is 0.860. The lowest BCUT2D eigenvalue weighted by Gasteiger charge is -2.21. The number of nitrogens with zero attached hydrogens (tertiary/aromatic N) is 1. The van der Waals surface area contributed by atoms with E-state index in [1.54, 1.807) is 0 Å². The molecular formula is C12H22N2O. The van der Waals surface area contributed by atoms with Gasteiger partial charge in [-0.3, -0.25) is 4.79 Å². The molecule has 2 unspecified atom stereocenters. The minimum Gasteiger partial charge on any atom is -0.345 e. The van der Waals surface area contributed by atoms with Crippen molar-refractivity contribution in [1.82, 2.24) is 4.90 Å². The fraction of sp³-hybridized carbons (Fsp3) is 0.750. The minimum atomic E-state index is 0.0113. The van der Waals surface area contributed by atoms with Gasteiger partial charge in [0.25, 0.3) is 0 Å². The summed E-state index contributed by atoms with van der Waals surface area (Å²) < 4.78 is 0. The second kappa shape index (κ2) is 5.31. The van der Waals surface area contributed by atoms with Crippen molar-refractivity contribution in [3.63, 3.8) is 0 Å². The van der Waals surface area contributed by atoms with Gasteiger partial charge in [-0.05, 0) is 18.8 Å². The van der Waals surface area contributed by atoms with Crippen LogP contribution in [-0.2, 0) is 4.79 Å². The van der Waals surface area contributed by atoms with Gasteiger partial charge in [-0.2, -0.15) is 0 Å². The number of hydrogen-bond donors (Lipinski definition) is 1. The van der Waals surface area contributed by atoms with E-state index < -0.39 is 0 Å². The third kappa shape index (κ3) is 3.67. The van der Waals surface area contributed by atoms with Gasteiger partial charge in [0.1, 0.15) is 0 Å². The summed E-state index contributed by atoms with van der Waals surface area (Å²) in [5.41, 5.74) is 5.73. The lowest BCUT2D eigenvalue weighted by atomic mass is 10.1. The molecule has 0 aromatic carbocycles. The molecule has 0 aromatic rings. The highest BCUT2D eigenvalue weighted by Gasteiger charge is 2.25. The Morgan fingerprint density at radius 2 is 2.20 bits per heavy atom. The van der Waals surface area contributed by atoms with Gasteiger partial charge >= 0.3 is 0 Å². The highest BCUT2D eigenvalue weighted by atomic mass is 16.2. The summed E-state index contributed by atoms with van der Waals surface area (Å²) >= 11 is 0. The van der Waals surface area contributed by atoms with E-state index in [9.17, 15) is 4.79 Å². The minimum absolute atomic E-state index is 0.0113. The van der Waals surface area contributed by atoms with Gasteiger partial charge < -0.3 is 10.6 Å². The van der Waals surface area contributed by atoms with Crippen LogP contribution >= 0.6 is 0 Å². The maximum Gasteiger partial charge on any atom is 0.229 e. The fourth-order valence-electron chi connectivity index (χ4n) is 1.76. The van der Waals surface area contributed by atoms with Gasteiger partial charge in [0, 0.05) is 19.6 Å². The molecule has 0 aliphatic heterocycles. The molecule has 15 heavy (non-hydrogen) atoms. The molecule has 1 amide bonds. The topological polar surface area (TPSA) is 46.3 Å². The molecule has 3 heteroatoms. The number of amides is 1. The first kappa shape index (κ1) is 12.2. The number of nitrogens with two attached hydrogens (primary N) is 1. The van der Waals surface area contributed by atoms with Crippen LogP contribution < -0.4 is 5.73 Å². The Morgan fingerprint density at radius 1 is 1.53 bits per heavy atom. The summed E-state index contributed by atoms with van der Waals surface area (Å²) in [6.45, 7) is 5.18. The van der Waals surface area contributed by atoms with E-state index in [4.69, 9.17) is 5.73 Å². The first-order valence-corrected chi connectivity index (χ1v) is 5.69. The van der Waals surface area contributed by atoms with Crippen LogP contribution in [0.1, 0.15) is 26.7 Å². The normalized spacial score (nSPS) is 24.9. The lowest BCUT2D eigenvalue weighted by molar-refractivity contribution is -0.132. The van der Waals surface area contributed by atoms with E-state index in [1.165, 1.54) is 0 Å². The van der Waals surface area contributed by atoms with Crippen LogP contribution in [0.25, 0.3) is 0 Å². The molecule has 0 fully saturated rings. The van der Waals surface area contributed by atoms with Crippen molar-refractivity contribution in [2.24, 2.45) is 17.6 Å². The van der Waals surface area contributed by atoms with E-state index in [2.05, 4.69) is 13.8 Å². The zero-order valence-electron chi connectivity index (χ0n) is 9.94. The predicted octanol–water partition coefficient (Wildman–Crippen LogP) is 1.39. The average Bonchev–Trinajstić information content (AvgIpc) is 2.60. The molecule has 3 nitrogen and oxygen atoms in total. The Bertz CT molecular complexity index is 248. The second-order valence-corrected chi connectivity index (χ2v) is 4.83. The molecule has 86 valence electrons. The number of hydrogen-bond acceptors (Lipinski definition) is 2. The van der Waals surface area contributed by atoms with Crippen molar-refractivity contribution in [3.8, 4) is 0 Å². The molecule has 1 aliphatic rings. The number of carbonyl (C=O) groups excluding carboxylic acids is 1. The fourth-order valence-corrected chi connectivity index (χ4v) is 1.76. The lowest BCUT2D eigenvalue weighted by Crippen LogP contribution is -2.34. The second-order valence-electron chi connectivity index (χ2n) is 4.83. The average molecular weight is 210 g/mol. The Balaban J connectivity index is 2.36. The zero-order chi connectivity index (χ0) is 11.4. The van der Waals surface area contributed by atoms with Gasteiger partial charge in [-0.25, -0.2) is 0 Å². The Hall–Kier alpha value is -0.830. The van der Waals surface area contributed by atoms with Gasteiger partial charge in [-0.1, -0.05) is 26.0 Å². The van der Waals surface area contributed by atoms with Gasteiger partial charge in [0.15, 0.2) is 0 Å². The van der Waals surface area contributed by atoms with E-state index in [-0.39, 0.29) is 17.9 Å². The summed E-state index contributed by atoms with van der Waals surface area (Å²) in [6, 6.07) is 0.0671. The van der Waals surface area contributed by atoms with Crippen molar-refractivity contribution in [2.45, 2.75) is 32.7 Å². The standard InChI is InChI=1S/C12H22N2O/c1-9(2)6-7-14(3)12(15)10-4-5-11(13)8-10/h4-5,9-11H,6-8,13H2,1-3H3. The predicted molar refractivity (Wildman–Crippen MR) is 62.3 cm³/mol. The van der Waals surface area contributed by atoms with Gasteiger partial charge in [0.2, 0.25) is 5.91 Å². The van der Waals surface area contributed by atoms with Crippen LogP contribution in [0.3, 0.4) is 0 Å². The Labute approximate surface area is 92.3 Å². The molecule has 0 saturated heterocycles. The van der Waals surface area contributed by atoms with Crippen molar-refractivity contribution < 1.29 is 4.79 Å². The maximum atomic E-state index is 11.9. The molecular weight excluding hydrogens is 188 g/mol. The van der Waals surface area contributed by atoms with E-state index >= 15 is 0 Å². The highest BCUT2D eigenvalue weighted by molar-refractivity contribution is 5.81. The SMILES string of the molecule is CC(C)CCN(C)C(=O)C1C=CC(N)C1. The summed E-state index contributed by atoms with van der Waals surface area (Å²) in [6.07, 6.45) is 5.70. The smallest absolute Gasteiger partial charge is 0.229 e. The highest BCUT2D eigenvalue weighted by Crippen LogP contribution is 2.18. The molecule has 0 aromatic heterocycles. The Kier molecular flexibility index (Phi) is 4.33. The molecule has 2 N–H and O–H groups in total. The molecule has 2 atom stereocenters. The van der Waals surface area contributed by atoms with Crippen LogP contribution in [0.4, 0.5) is 0 Å². The molecule has 1 aliphatic carbocycles. The van der Waals surface area contributed by atoms with Crippen molar-refractivity contribution in [3.05, 3.63) is 12.2 Å². The molecule has 0 heterocycles. The summed E-state index contributed by atoms with van der Waals surface area (Å²) in [4.78, 5) is 13.7. The molecule has 1 rings (SSSR count). The molecule has 0 bridgehead atoms. The number of rotatable bonds is 4. The molecule has 0 spiro atoms. The largest absolute Gasteiger partial charge is 0.345 e. The first-order chi connectivity index (χ1) is 7.00. The van der Waals surface area contributed by atoms with Gasteiger partial charge in [-0.15, -0.1) is 0 Å².